The van der Waals surface area contributed by atoms with Gasteiger partial charge in [0.1, 0.15) is 0 Å². The molecule has 0 aliphatic heterocycles. The Hall–Kier alpha value is -1.30. The lowest BCUT2D eigenvalue weighted by molar-refractivity contribution is -0.140. The quantitative estimate of drug-likeness (QED) is 0.637. The van der Waals surface area contributed by atoms with Gasteiger partial charge in [0.15, 0.2) is 0 Å². The summed E-state index contributed by atoms with van der Waals surface area (Å²) in [7, 11) is 0. The predicted octanol–water partition coefficient (Wildman–Crippen LogP) is 0.509. The molecule has 0 aromatic rings. The molecule has 1 atom stereocenters. The van der Waals surface area contributed by atoms with Crippen LogP contribution in [-0.2, 0) is 4.79 Å². The van der Waals surface area contributed by atoms with E-state index in [0.717, 1.165) is 0 Å². The van der Waals surface area contributed by atoms with E-state index in [9.17, 15) is 14.7 Å². The van der Waals surface area contributed by atoms with Crippen LogP contribution in [0.4, 0.5) is 4.79 Å². The lowest BCUT2D eigenvalue weighted by atomic mass is 10.1. The molecule has 100 valence electrons. The van der Waals surface area contributed by atoms with Crippen LogP contribution in [0.5, 0.6) is 0 Å². The molecule has 3 N–H and O–H groups in total. The van der Waals surface area contributed by atoms with Crippen LogP contribution in [0.2, 0.25) is 0 Å². The number of carbonyl (C=O) groups excluding carboxylic acids is 1. The van der Waals surface area contributed by atoms with E-state index in [2.05, 4.69) is 5.32 Å². The van der Waals surface area contributed by atoms with E-state index in [1.807, 2.05) is 0 Å². The Labute approximate surface area is 102 Å². The van der Waals surface area contributed by atoms with Crippen LogP contribution in [0.1, 0.15) is 27.7 Å². The van der Waals surface area contributed by atoms with E-state index in [1.54, 1.807) is 20.8 Å². The van der Waals surface area contributed by atoms with Crippen molar-refractivity contribution >= 4 is 12.0 Å². The van der Waals surface area contributed by atoms with Gasteiger partial charge in [0, 0.05) is 13.1 Å². The van der Waals surface area contributed by atoms with Crippen molar-refractivity contribution in [3.05, 3.63) is 0 Å². The Morgan fingerprint density at radius 2 is 1.94 bits per heavy atom. The molecule has 0 aliphatic rings. The fourth-order valence-electron chi connectivity index (χ4n) is 1.23. The van der Waals surface area contributed by atoms with Crippen LogP contribution in [0, 0.1) is 5.92 Å². The summed E-state index contributed by atoms with van der Waals surface area (Å²) in [6, 6.07) is -0.359. The zero-order chi connectivity index (χ0) is 13.6. The number of nitrogens with one attached hydrogen (secondary N) is 1. The van der Waals surface area contributed by atoms with E-state index in [1.165, 1.54) is 11.8 Å². The average molecular weight is 246 g/mol. The lowest BCUT2D eigenvalue weighted by Crippen LogP contribution is -2.48. The number of rotatable bonds is 6. The molecule has 0 aromatic carbocycles. The summed E-state index contributed by atoms with van der Waals surface area (Å²) in [5.74, 6) is -1.57. The SMILES string of the molecule is CCN(CC(C)(C)O)C(=O)NCC(C)C(=O)O. The monoisotopic (exact) mass is 246 g/mol. The molecule has 0 heterocycles. The number of nitrogens with zero attached hydrogens (tertiary/aromatic N) is 1. The fourth-order valence-corrected chi connectivity index (χ4v) is 1.23. The van der Waals surface area contributed by atoms with E-state index in [0.29, 0.717) is 6.54 Å². The third-order valence-electron chi connectivity index (χ3n) is 2.23. The molecule has 17 heavy (non-hydrogen) atoms. The lowest BCUT2D eigenvalue weighted by Gasteiger charge is -2.28. The molecule has 0 aliphatic carbocycles. The third-order valence-corrected chi connectivity index (χ3v) is 2.23. The Balaban J connectivity index is 4.23. The zero-order valence-electron chi connectivity index (χ0n) is 10.9. The van der Waals surface area contributed by atoms with Crippen LogP contribution in [-0.4, -0.2) is 52.3 Å². The van der Waals surface area contributed by atoms with E-state index in [-0.39, 0.29) is 19.1 Å². The van der Waals surface area contributed by atoms with Crippen LogP contribution in [0.25, 0.3) is 0 Å². The number of aliphatic hydroxyl groups is 1. The van der Waals surface area contributed by atoms with Crippen molar-refractivity contribution < 1.29 is 19.8 Å². The molecule has 1 unspecified atom stereocenters. The highest BCUT2D eigenvalue weighted by Gasteiger charge is 2.22. The molecule has 0 fully saturated rings. The molecule has 0 saturated carbocycles. The highest BCUT2D eigenvalue weighted by molar-refractivity contribution is 5.75. The number of carboxylic acid groups (broad SMARTS) is 1. The topological polar surface area (TPSA) is 89.9 Å². The van der Waals surface area contributed by atoms with Gasteiger partial charge in [-0.25, -0.2) is 4.79 Å². The van der Waals surface area contributed by atoms with E-state index >= 15 is 0 Å². The first-order valence-corrected chi connectivity index (χ1v) is 5.65. The number of aliphatic carboxylic acids is 1. The molecule has 0 aromatic heterocycles. The zero-order valence-corrected chi connectivity index (χ0v) is 10.9. The van der Waals surface area contributed by atoms with Crippen molar-refractivity contribution in [2.24, 2.45) is 5.92 Å². The van der Waals surface area contributed by atoms with Crippen LogP contribution >= 0.6 is 0 Å². The predicted molar refractivity (Wildman–Crippen MR) is 63.7 cm³/mol. The molecule has 2 amide bonds. The minimum absolute atomic E-state index is 0.0799. The minimum atomic E-state index is -0.967. The molecule has 0 spiro atoms. The third kappa shape index (κ3) is 6.78. The van der Waals surface area contributed by atoms with E-state index < -0.39 is 17.5 Å². The second kappa shape index (κ2) is 6.44. The van der Waals surface area contributed by atoms with Crippen molar-refractivity contribution in [1.82, 2.24) is 10.2 Å². The van der Waals surface area contributed by atoms with E-state index in [4.69, 9.17) is 5.11 Å². The molecule has 0 saturated heterocycles. The number of amides is 2. The van der Waals surface area contributed by atoms with Crippen molar-refractivity contribution in [1.29, 1.82) is 0 Å². The Kier molecular flexibility index (Phi) is 5.95. The smallest absolute Gasteiger partial charge is 0.317 e. The number of hydrogen-bond donors (Lipinski definition) is 3. The summed E-state index contributed by atoms with van der Waals surface area (Å²) >= 11 is 0. The van der Waals surface area contributed by atoms with Gasteiger partial charge in [-0.1, -0.05) is 6.92 Å². The minimum Gasteiger partial charge on any atom is -0.481 e. The van der Waals surface area contributed by atoms with Gasteiger partial charge < -0.3 is 20.4 Å². The van der Waals surface area contributed by atoms with Gasteiger partial charge in [-0.3, -0.25) is 4.79 Å². The normalized spacial score (nSPS) is 13.0. The summed E-state index contributed by atoms with van der Waals surface area (Å²) in [5.41, 5.74) is -0.967. The van der Waals surface area contributed by atoms with Gasteiger partial charge in [0.25, 0.3) is 0 Å². The maximum Gasteiger partial charge on any atom is 0.317 e. The molecule has 0 radical (unpaired) electrons. The van der Waals surface area contributed by atoms with Gasteiger partial charge in [0.2, 0.25) is 0 Å². The second-order valence-electron chi connectivity index (χ2n) is 4.75. The average Bonchev–Trinajstić information content (AvgIpc) is 2.20. The molecule has 0 bridgehead atoms. The van der Waals surface area contributed by atoms with Gasteiger partial charge in [-0.15, -0.1) is 0 Å². The molecule has 6 nitrogen and oxygen atoms in total. The van der Waals surface area contributed by atoms with Crippen LogP contribution in [0.3, 0.4) is 0 Å². The van der Waals surface area contributed by atoms with Crippen molar-refractivity contribution in [3.8, 4) is 0 Å². The Morgan fingerprint density at radius 3 is 2.29 bits per heavy atom. The molecular weight excluding hydrogens is 224 g/mol. The largest absolute Gasteiger partial charge is 0.481 e. The summed E-state index contributed by atoms with van der Waals surface area (Å²) in [6.45, 7) is 7.29. The van der Waals surface area contributed by atoms with Gasteiger partial charge >= 0.3 is 12.0 Å². The second-order valence-corrected chi connectivity index (χ2v) is 4.75. The molecule has 0 rings (SSSR count). The standard InChI is InChI=1S/C11H22N2O4/c1-5-13(7-11(3,4)17)10(16)12-6-8(2)9(14)15/h8,17H,5-7H2,1-4H3,(H,12,16)(H,14,15). The number of carbonyl (C=O) groups is 2. The summed E-state index contributed by atoms with van der Waals surface area (Å²) in [4.78, 5) is 23.7. The highest BCUT2D eigenvalue weighted by atomic mass is 16.4. The molecule has 6 heteroatoms. The number of carboxylic acids is 1. The van der Waals surface area contributed by atoms with Crippen LogP contribution < -0.4 is 5.32 Å². The van der Waals surface area contributed by atoms with Crippen molar-refractivity contribution in [2.75, 3.05) is 19.6 Å². The fraction of sp³-hybridized carbons (Fsp3) is 0.818. The molecular formula is C11H22N2O4. The van der Waals surface area contributed by atoms with Gasteiger partial charge in [0.05, 0.1) is 18.1 Å². The Morgan fingerprint density at radius 1 is 1.41 bits per heavy atom. The van der Waals surface area contributed by atoms with Gasteiger partial charge in [-0.05, 0) is 20.8 Å². The summed E-state index contributed by atoms with van der Waals surface area (Å²) < 4.78 is 0. The maximum absolute atomic E-state index is 11.7. The highest BCUT2D eigenvalue weighted by Crippen LogP contribution is 2.05. The summed E-state index contributed by atoms with van der Waals surface area (Å²) in [5, 5.41) is 20.8. The number of urea groups is 1. The maximum atomic E-state index is 11.7. The van der Waals surface area contributed by atoms with Crippen LogP contribution in [0.15, 0.2) is 0 Å². The first kappa shape index (κ1) is 15.7. The van der Waals surface area contributed by atoms with Crippen molar-refractivity contribution in [2.45, 2.75) is 33.3 Å². The first-order chi connectivity index (χ1) is 7.67. The van der Waals surface area contributed by atoms with Crippen molar-refractivity contribution in [3.63, 3.8) is 0 Å². The first-order valence-electron chi connectivity index (χ1n) is 5.65. The number of likely N-dealkylation sites (N-methyl/N-ethyl adjacent to an activating group) is 1. The summed E-state index contributed by atoms with van der Waals surface area (Å²) in [6.07, 6.45) is 0. The Bertz CT molecular complexity index is 273. The van der Waals surface area contributed by atoms with Gasteiger partial charge in [-0.2, -0.15) is 0 Å². The number of hydrogen-bond acceptors (Lipinski definition) is 3.